The SMILES string of the molecule is COc1ncc(NC(=O)c2csc3c2CN(C(=O)OC(C)(C)C)CC3)cc1S(=O)(=O)Nc1c(C)cccc1C. The number of nitrogens with one attached hydrogen (secondary N) is 2. The molecule has 1 aliphatic heterocycles. The summed E-state index contributed by atoms with van der Waals surface area (Å²) in [6.07, 6.45) is 1.51. The smallest absolute Gasteiger partial charge is 0.410 e. The number of anilines is 2. The number of nitrogens with zero attached hydrogens (tertiary/aromatic N) is 2. The molecule has 2 aromatic heterocycles. The van der Waals surface area contributed by atoms with Crippen LogP contribution in [0.4, 0.5) is 16.2 Å². The number of sulfonamides is 1. The van der Waals surface area contributed by atoms with Gasteiger partial charge in [0.05, 0.1) is 36.8 Å². The van der Waals surface area contributed by atoms with Crippen LogP contribution in [0.5, 0.6) is 5.88 Å². The zero-order valence-electron chi connectivity index (χ0n) is 22.7. The van der Waals surface area contributed by atoms with Gasteiger partial charge in [0.15, 0.2) is 4.90 Å². The molecule has 0 saturated heterocycles. The van der Waals surface area contributed by atoms with Crippen LogP contribution >= 0.6 is 11.3 Å². The average Bonchev–Trinajstić information content (AvgIpc) is 3.29. The van der Waals surface area contributed by atoms with Crippen molar-refractivity contribution >= 4 is 44.7 Å². The Hall–Kier alpha value is -3.64. The summed E-state index contributed by atoms with van der Waals surface area (Å²) in [5.41, 5.74) is 2.71. The minimum atomic E-state index is -4.10. The molecule has 2 N–H and O–H groups in total. The highest BCUT2D eigenvalue weighted by Gasteiger charge is 2.30. The lowest BCUT2D eigenvalue weighted by Crippen LogP contribution is -2.40. The molecule has 2 amide bonds. The minimum Gasteiger partial charge on any atom is -0.480 e. The van der Waals surface area contributed by atoms with Crippen molar-refractivity contribution in [1.82, 2.24) is 9.88 Å². The third kappa shape index (κ3) is 6.34. The second-order valence-corrected chi connectivity index (χ2v) is 12.9. The number of methoxy groups -OCH3 is 1. The van der Waals surface area contributed by atoms with Crippen molar-refractivity contribution in [3.05, 3.63) is 63.0 Å². The standard InChI is InChI=1S/C27H32N4O6S2/c1-16-8-7-9-17(2)23(16)30-39(34,35)22-12-18(13-28-25(22)36-6)29-24(32)20-15-38-21-10-11-31(14-19(20)21)26(33)37-27(3,4)5/h7-9,12-13,15,30H,10-11,14H2,1-6H3,(H,29,32). The van der Waals surface area contributed by atoms with Crippen LogP contribution in [-0.2, 0) is 27.7 Å². The van der Waals surface area contributed by atoms with Crippen molar-refractivity contribution in [2.24, 2.45) is 0 Å². The predicted molar refractivity (Wildman–Crippen MR) is 150 cm³/mol. The molecule has 0 bridgehead atoms. The molecule has 0 fully saturated rings. The summed E-state index contributed by atoms with van der Waals surface area (Å²) in [5.74, 6) is -0.538. The van der Waals surface area contributed by atoms with E-state index in [4.69, 9.17) is 9.47 Å². The first-order valence-electron chi connectivity index (χ1n) is 12.3. The molecule has 0 atom stereocenters. The van der Waals surface area contributed by atoms with E-state index < -0.39 is 27.6 Å². The highest BCUT2D eigenvalue weighted by atomic mass is 32.2. The van der Waals surface area contributed by atoms with Crippen molar-refractivity contribution in [1.29, 1.82) is 0 Å². The number of rotatable bonds is 6. The first kappa shape index (κ1) is 28.4. The number of carbonyl (C=O) groups is 2. The Morgan fingerprint density at radius 2 is 1.85 bits per heavy atom. The summed E-state index contributed by atoms with van der Waals surface area (Å²) >= 11 is 1.45. The molecule has 1 aromatic carbocycles. The number of benzene rings is 1. The Labute approximate surface area is 232 Å². The molecular weight excluding hydrogens is 540 g/mol. The number of hydrogen-bond acceptors (Lipinski definition) is 8. The van der Waals surface area contributed by atoms with Crippen LogP contribution in [0, 0.1) is 13.8 Å². The molecule has 10 nitrogen and oxygen atoms in total. The van der Waals surface area contributed by atoms with E-state index in [2.05, 4.69) is 15.0 Å². The third-order valence-corrected chi connectivity index (χ3v) is 8.54. The number of pyridine rings is 1. The third-order valence-electron chi connectivity index (χ3n) is 6.11. The maximum absolute atomic E-state index is 13.4. The van der Waals surface area contributed by atoms with E-state index >= 15 is 0 Å². The Kier molecular flexibility index (Phi) is 7.89. The van der Waals surface area contributed by atoms with Gasteiger partial charge in [0, 0.05) is 16.8 Å². The van der Waals surface area contributed by atoms with Gasteiger partial charge in [-0.05, 0) is 63.8 Å². The van der Waals surface area contributed by atoms with E-state index in [0.29, 0.717) is 24.2 Å². The topological polar surface area (TPSA) is 127 Å². The molecule has 0 aliphatic carbocycles. The van der Waals surface area contributed by atoms with Crippen LogP contribution < -0.4 is 14.8 Å². The lowest BCUT2D eigenvalue weighted by molar-refractivity contribution is 0.0224. The average molecular weight is 573 g/mol. The summed E-state index contributed by atoms with van der Waals surface area (Å²) < 4.78 is 40.0. The maximum Gasteiger partial charge on any atom is 0.410 e. The second kappa shape index (κ2) is 10.9. The predicted octanol–water partition coefficient (Wildman–Crippen LogP) is 5.11. The van der Waals surface area contributed by atoms with Gasteiger partial charge in [-0.15, -0.1) is 11.3 Å². The highest BCUT2D eigenvalue weighted by molar-refractivity contribution is 7.92. The monoisotopic (exact) mass is 572 g/mol. The van der Waals surface area contributed by atoms with Crippen molar-refractivity contribution in [2.75, 3.05) is 23.7 Å². The van der Waals surface area contributed by atoms with Gasteiger partial charge >= 0.3 is 6.09 Å². The van der Waals surface area contributed by atoms with Gasteiger partial charge in [-0.25, -0.2) is 18.2 Å². The number of fused-ring (bicyclic) bond motifs is 1. The zero-order valence-corrected chi connectivity index (χ0v) is 24.4. The second-order valence-electron chi connectivity index (χ2n) is 10.3. The number of aryl methyl sites for hydroxylation is 2. The van der Waals surface area contributed by atoms with Gasteiger partial charge in [-0.3, -0.25) is 9.52 Å². The number of aromatic nitrogens is 1. The number of hydrogen-bond donors (Lipinski definition) is 2. The zero-order chi connectivity index (χ0) is 28.5. The first-order valence-corrected chi connectivity index (χ1v) is 14.7. The number of amides is 2. The van der Waals surface area contributed by atoms with Crippen LogP contribution in [0.2, 0.25) is 0 Å². The quantitative estimate of drug-likeness (QED) is 0.420. The molecule has 3 heterocycles. The van der Waals surface area contributed by atoms with Gasteiger partial charge in [0.1, 0.15) is 5.60 Å². The van der Waals surface area contributed by atoms with E-state index in [1.54, 1.807) is 31.1 Å². The number of ether oxygens (including phenoxy) is 2. The van der Waals surface area contributed by atoms with E-state index in [-0.39, 0.29) is 23.0 Å². The van der Waals surface area contributed by atoms with Gasteiger partial charge in [-0.2, -0.15) is 0 Å². The molecular formula is C27H32N4O6S2. The fourth-order valence-electron chi connectivity index (χ4n) is 4.19. The molecule has 4 rings (SSSR count). The lowest BCUT2D eigenvalue weighted by atomic mass is 10.0. The Balaban J connectivity index is 1.57. The highest BCUT2D eigenvalue weighted by Crippen LogP contribution is 2.32. The molecule has 12 heteroatoms. The maximum atomic E-state index is 13.4. The summed E-state index contributed by atoms with van der Waals surface area (Å²) in [7, 11) is -2.78. The fraction of sp³-hybridized carbons (Fsp3) is 0.370. The molecule has 0 radical (unpaired) electrons. The van der Waals surface area contributed by atoms with Gasteiger partial charge in [0.25, 0.3) is 15.9 Å². The molecule has 208 valence electrons. The van der Waals surface area contributed by atoms with Crippen molar-refractivity contribution in [3.8, 4) is 5.88 Å². The van der Waals surface area contributed by atoms with Gasteiger partial charge in [0.2, 0.25) is 5.88 Å². The molecule has 1 aliphatic rings. The van der Waals surface area contributed by atoms with Crippen LogP contribution in [-0.4, -0.2) is 49.6 Å². The van der Waals surface area contributed by atoms with E-state index in [9.17, 15) is 18.0 Å². The largest absolute Gasteiger partial charge is 0.480 e. The first-order chi connectivity index (χ1) is 18.3. The van der Waals surface area contributed by atoms with Crippen molar-refractivity contribution in [2.45, 2.75) is 58.1 Å². The molecule has 3 aromatic rings. The van der Waals surface area contributed by atoms with Crippen LogP contribution in [0.25, 0.3) is 0 Å². The Morgan fingerprint density at radius 3 is 2.49 bits per heavy atom. The van der Waals surface area contributed by atoms with E-state index in [1.165, 1.54) is 30.7 Å². The summed E-state index contributed by atoms with van der Waals surface area (Å²) in [5, 5.41) is 4.50. The fourth-order valence-corrected chi connectivity index (χ4v) is 6.58. The molecule has 0 spiro atoms. The summed E-state index contributed by atoms with van der Waals surface area (Å²) in [4.78, 5) is 32.4. The minimum absolute atomic E-state index is 0.104. The number of thiophene rings is 1. The summed E-state index contributed by atoms with van der Waals surface area (Å²) in [6.45, 7) is 9.78. The van der Waals surface area contributed by atoms with Crippen LogP contribution in [0.1, 0.15) is 52.7 Å². The molecule has 0 saturated carbocycles. The van der Waals surface area contributed by atoms with E-state index in [0.717, 1.165) is 21.6 Å². The summed E-state index contributed by atoms with van der Waals surface area (Å²) in [6, 6.07) is 6.77. The van der Waals surface area contributed by atoms with Gasteiger partial charge in [-0.1, -0.05) is 18.2 Å². The van der Waals surface area contributed by atoms with Gasteiger partial charge < -0.3 is 19.7 Å². The molecule has 39 heavy (non-hydrogen) atoms. The van der Waals surface area contributed by atoms with Crippen molar-refractivity contribution in [3.63, 3.8) is 0 Å². The normalized spacial score (nSPS) is 13.4. The Morgan fingerprint density at radius 1 is 1.15 bits per heavy atom. The van der Waals surface area contributed by atoms with Crippen LogP contribution in [0.3, 0.4) is 0 Å². The Bertz CT molecular complexity index is 1510. The number of para-hydroxylation sites is 1. The van der Waals surface area contributed by atoms with E-state index in [1.807, 2.05) is 32.0 Å². The lowest BCUT2D eigenvalue weighted by Gasteiger charge is -2.30. The van der Waals surface area contributed by atoms with Crippen molar-refractivity contribution < 1.29 is 27.5 Å². The molecule has 0 unspecified atom stereocenters. The number of carbonyl (C=O) groups excluding carboxylic acids is 2. The van der Waals surface area contributed by atoms with Crippen LogP contribution in [0.15, 0.2) is 40.7 Å².